The van der Waals surface area contributed by atoms with Crippen LogP contribution in [0.2, 0.25) is 5.02 Å². The van der Waals surface area contributed by atoms with E-state index >= 15 is 0 Å². The second kappa shape index (κ2) is 4.09. The highest BCUT2D eigenvalue weighted by Gasteiger charge is 2.26. The van der Waals surface area contributed by atoms with E-state index in [0.29, 0.717) is 22.7 Å². The zero-order chi connectivity index (χ0) is 10.8. The Hall–Kier alpha value is -1.24. The first kappa shape index (κ1) is 10.3. The quantitative estimate of drug-likeness (QED) is 0.804. The Morgan fingerprint density at radius 1 is 1.47 bits per heavy atom. The van der Waals surface area contributed by atoms with Gasteiger partial charge in [-0.3, -0.25) is 0 Å². The maximum absolute atomic E-state index is 8.93. The van der Waals surface area contributed by atoms with E-state index in [-0.39, 0.29) is 0 Å². The molecule has 3 N–H and O–H groups in total. The van der Waals surface area contributed by atoms with Crippen LogP contribution < -0.4 is 11.1 Å². The van der Waals surface area contributed by atoms with Gasteiger partial charge >= 0.3 is 0 Å². The van der Waals surface area contributed by atoms with Crippen LogP contribution in [0.3, 0.4) is 0 Å². The van der Waals surface area contributed by atoms with Gasteiger partial charge in [0.2, 0.25) is 0 Å². The van der Waals surface area contributed by atoms with E-state index in [1.165, 1.54) is 0 Å². The van der Waals surface area contributed by atoms with Gasteiger partial charge in [0.15, 0.2) is 0 Å². The van der Waals surface area contributed by atoms with Crippen LogP contribution in [-0.2, 0) is 0 Å². The molecule has 3 nitrogen and oxygen atoms in total. The fraction of sp³-hybridized carbons (Fsp3) is 0.364. The Morgan fingerprint density at radius 2 is 2.20 bits per heavy atom. The van der Waals surface area contributed by atoms with Gasteiger partial charge < -0.3 is 11.1 Å². The highest BCUT2D eigenvalue weighted by Crippen LogP contribution is 2.26. The lowest BCUT2D eigenvalue weighted by atomic mass is 9.87. The Balaban J connectivity index is 2.11. The number of nitrogens with zero attached hydrogens (tertiary/aromatic N) is 1. The van der Waals surface area contributed by atoms with Gasteiger partial charge in [-0.15, -0.1) is 0 Å². The van der Waals surface area contributed by atoms with Crippen LogP contribution in [0.4, 0.5) is 5.69 Å². The summed E-state index contributed by atoms with van der Waals surface area (Å²) < 4.78 is 0. The monoisotopic (exact) mass is 221 g/mol. The maximum atomic E-state index is 8.93. The van der Waals surface area contributed by atoms with Crippen LogP contribution in [0, 0.1) is 11.3 Å². The zero-order valence-electron chi connectivity index (χ0n) is 8.20. The summed E-state index contributed by atoms with van der Waals surface area (Å²) in [7, 11) is 0. The van der Waals surface area contributed by atoms with Crippen LogP contribution in [0.1, 0.15) is 18.4 Å². The van der Waals surface area contributed by atoms with Gasteiger partial charge in [0.25, 0.3) is 0 Å². The summed E-state index contributed by atoms with van der Waals surface area (Å²) in [4.78, 5) is 0. The van der Waals surface area contributed by atoms with E-state index in [1.54, 1.807) is 12.1 Å². The molecule has 0 saturated heterocycles. The molecule has 0 aliphatic heterocycles. The number of anilines is 1. The van der Waals surface area contributed by atoms with E-state index in [1.807, 2.05) is 6.07 Å². The molecule has 0 bridgehead atoms. The van der Waals surface area contributed by atoms with Gasteiger partial charge in [-0.2, -0.15) is 5.26 Å². The highest BCUT2D eigenvalue weighted by molar-refractivity contribution is 6.30. The number of nitrogens with two attached hydrogens (primary N) is 1. The smallest absolute Gasteiger partial charge is 0.101 e. The van der Waals surface area contributed by atoms with Crippen LogP contribution in [-0.4, -0.2) is 12.1 Å². The molecule has 0 amide bonds. The van der Waals surface area contributed by atoms with Crippen LogP contribution in [0.15, 0.2) is 18.2 Å². The molecule has 15 heavy (non-hydrogen) atoms. The standard InChI is InChI=1S/C11H12ClN3/c12-8-1-2-11(7(3-8)6-13)15-10-4-9(14)5-10/h1-3,9-10,15H,4-5,14H2. The molecule has 2 rings (SSSR count). The summed E-state index contributed by atoms with van der Waals surface area (Å²) in [5.74, 6) is 0. The number of hydrogen-bond acceptors (Lipinski definition) is 3. The summed E-state index contributed by atoms with van der Waals surface area (Å²) in [5, 5.41) is 12.8. The Morgan fingerprint density at radius 3 is 2.80 bits per heavy atom. The molecular weight excluding hydrogens is 210 g/mol. The molecule has 1 aliphatic carbocycles. The summed E-state index contributed by atoms with van der Waals surface area (Å²) in [6.45, 7) is 0. The highest BCUT2D eigenvalue weighted by atomic mass is 35.5. The van der Waals surface area contributed by atoms with Gasteiger partial charge in [-0.05, 0) is 31.0 Å². The first-order chi connectivity index (χ1) is 7.19. The minimum Gasteiger partial charge on any atom is -0.381 e. The molecule has 0 aromatic heterocycles. The number of nitrogens with one attached hydrogen (secondary N) is 1. The molecule has 4 heteroatoms. The number of hydrogen-bond donors (Lipinski definition) is 2. The van der Waals surface area contributed by atoms with Gasteiger partial charge in [-0.1, -0.05) is 11.6 Å². The van der Waals surface area contributed by atoms with Crippen molar-refractivity contribution < 1.29 is 0 Å². The zero-order valence-corrected chi connectivity index (χ0v) is 8.96. The fourth-order valence-electron chi connectivity index (χ4n) is 1.73. The molecule has 1 fully saturated rings. The third-order valence-corrected chi connectivity index (χ3v) is 2.87. The van der Waals surface area contributed by atoms with Crippen molar-refractivity contribution in [2.24, 2.45) is 5.73 Å². The second-order valence-corrected chi connectivity index (χ2v) is 4.31. The van der Waals surface area contributed by atoms with Crippen LogP contribution in [0.5, 0.6) is 0 Å². The van der Waals surface area contributed by atoms with Crippen molar-refractivity contribution in [3.63, 3.8) is 0 Å². The van der Waals surface area contributed by atoms with E-state index in [2.05, 4.69) is 11.4 Å². The van der Waals surface area contributed by atoms with E-state index in [9.17, 15) is 0 Å². The molecule has 1 saturated carbocycles. The van der Waals surface area contributed by atoms with Gasteiger partial charge in [0.1, 0.15) is 6.07 Å². The topological polar surface area (TPSA) is 61.8 Å². The lowest BCUT2D eigenvalue weighted by Gasteiger charge is -2.34. The number of benzene rings is 1. The predicted molar refractivity (Wildman–Crippen MR) is 60.8 cm³/mol. The molecular formula is C11H12ClN3. The Bertz CT molecular complexity index is 405. The van der Waals surface area contributed by atoms with Crippen molar-refractivity contribution in [1.29, 1.82) is 5.26 Å². The third kappa shape index (κ3) is 2.23. The van der Waals surface area contributed by atoms with Gasteiger partial charge in [0, 0.05) is 17.1 Å². The summed E-state index contributed by atoms with van der Waals surface area (Å²) in [5.41, 5.74) is 7.12. The van der Waals surface area contributed by atoms with Crippen molar-refractivity contribution in [2.75, 3.05) is 5.32 Å². The van der Waals surface area contributed by atoms with Crippen molar-refractivity contribution in [2.45, 2.75) is 24.9 Å². The lowest BCUT2D eigenvalue weighted by Crippen LogP contribution is -2.44. The normalized spacial score (nSPS) is 24.1. The minimum absolute atomic E-state index is 0.306. The van der Waals surface area contributed by atoms with Crippen molar-refractivity contribution in [3.05, 3.63) is 28.8 Å². The van der Waals surface area contributed by atoms with E-state index in [0.717, 1.165) is 18.5 Å². The summed E-state index contributed by atoms with van der Waals surface area (Å²) in [6.07, 6.45) is 1.93. The van der Waals surface area contributed by atoms with Crippen molar-refractivity contribution in [1.82, 2.24) is 0 Å². The maximum Gasteiger partial charge on any atom is 0.101 e. The molecule has 1 aromatic carbocycles. The second-order valence-electron chi connectivity index (χ2n) is 3.87. The molecule has 0 atom stereocenters. The fourth-order valence-corrected chi connectivity index (χ4v) is 1.91. The number of halogens is 1. The summed E-state index contributed by atoms with van der Waals surface area (Å²) >= 11 is 5.80. The van der Waals surface area contributed by atoms with E-state index < -0.39 is 0 Å². The SMILES string of the molecule is N#Cc1cc(Cl)ccc1NC1CC(N)C1. The van der Waals surface area contributed by atoms with Crippen LogP contribution >= 0.6 is 11.6 Å². The lowest BCUT2D eigenvalue weighted by molar-refractivity contribution is 0.373. The molecule has 1 aliphatic rings. The number of rotatable bonds is 2. The van der Waals surface area contributed by atoms with Gasteiger partial charge in [0.05, 0.1) is 11.3 Å². The van der Waals surface area contributed by atoms with E-state index in [4.69, 9.17) is 22.6 Å². The third-order valence-electron chi connectivity index (χ3n) is 2.64. The first-order valence-electron chi connectivity index (χ1n) is 4.91. The largest absolute Gasteiger partial charge is 0.381 e. The Labute approximate surface area is 93.8 Å². The molecule has 1 aromatic rings. The molecule has 0 spiro atoms. The summed E-state index contributed by atoms with van der Waals surface area (Å²) in [6, 6.07) is 8.11. The van der Waals surface area contributed by atoms with Crippen molar-refractivity contribution >= 4 is 17.3 Å². The average molecular weight is 222 g/mol. The average Bonchev–Trinajstić information content (AvgIpc) is 2.18. The molecule has 0 unspecified atom stereocenters. The predicted octanol–water partition coefficient (Wildman–Crippen LogP) is 2.11. The van der Waals surface area contributed by atoms with Gasteiger partial charge in [-0.25, -0.2) is 0 Å². The van der Waals surface area contributed by atoms with Crippen molar-refractivity contribution in [3.8, 4) is 6.07 Å². The minimum atomic E-state index is 0.306. The molecule has 0 radical (unpaired) electrons. The van der Waals surface area contributed by atoms with Crippen LogP contribution in [0.25, 0.3) is 0 Å². The molecule has 0 heterocycles. The Kier molecular flexibility index (Phi) is 2.81. The number of nitriles is 1. The first-order valence-corrected chi connectivity index (χ1v) is 5.28. The molecule has 78 valence electrons.